The maximum Gasteiger partial charge on any atom is 0.252 e. The molecule has 2 heterocycles. The molecule has 0 aliphatic carbocycles. The second-order valence-corrected chi connectivity index (χ2v) is 7.05. The van der Waals surface area contributed by atoms with Gasteiger partial charge in [-0.15, -0.1) is 0 Å². The predicted molar refractivity (Wildman–Crippen MR) is 117 cm³/mol. The van der Waals surface area contributed by atoms with E-state index in [9.17, 15) is 4.79 Å². The number of amides is 1. The zero-order valence-electron chi connectivity index (χ0n) is 16.9. The molecule has 1 N–H and O–H groups in total. The Morgan fingerprint density at radius 2 is 1.80 bits per heavy atom. The molecule has 0 radical (unpaired) electrons. The monoisotopic (exact) mass is 400 g/mol. The Morgan fingerprint density at radius 1 is 1.07 bits per heavy atom. The van der Waals surface area contributed by atoms with Crippen molar-refractivity contribution < 1.29 is 9.53 Å². The minimum absolute atomic E-state index is 0.130. The van der Waals surface area contributed by atoms with E-state index < -0.39 is 0 Å². The van der Waals surface area contributed by atoms with Crippen molar-refractivity contribution in [2.75, 3.05) is 20.3 Å². The van der Waals surface area contributed by atoms with Crippen molar-refractivity contribution in [2.24, 2.45) is 0 Å². The maximum absolute atomic E-state index is 13.0. The van der Waals surface area contributed by atoms with Crippen LogP contribution >= 0.6 is 0 Å². The molecule has 0 aliphatic heterocycles. The van der Waals surface area contributed by atoms with E-state index in [2.05, 4.69) is 22.5 Å². The van der Waals surface area contributed by atoms with E-state index >= 15 is 0 Å². The fraction of sp³-hybridized carbons (Fsp3) is 0.208. The van der Waals surface area contributed by atoms with E-state index in [1.807, 2.05) is 59.3 Å². The Hall–Kier alpha value is -3.51. The number of fused-ring (bicyclic) bond motifs is 1. The number of benzene rings is 2. The first-order chi connectivity index (χ1) is 14.8. The number of nitrogens with one attached hydrogen (secondary N) is 1. The normalized spacial score (nSPS) is 11.0. The van der Waals surface area contributed by atoms with Gasteiger partial charge in [0, 0.05) is 25.8 Å². The number of methoxy groups -OCH3 is 1. The number of ether oxygens (including phenoxy) is 1. The molecule has 152 valence electrons. The first-order valence-corrected chi connectivity index (χ1v) is 9.99. The van der Waals surface area contributed by atoms with Crippen LogP contribution in [0.3, 0.4) is 0 Å². The van der Waals surface area contributed by atoms with Crippen molar-refractivity contribution in [3.8, 4) is 11.3 Å². The zero-order valence-corrected chi connectivity index (χ0v) is 16.9. The van der Waals surface area contributed by atoms with Crippen LogP contribution in [0.15, 0.2) is 72.9 Å². The van der Waals surface area contributed by atoms with Crippen molar-refractivity contribution in [1.82, 2.24) is 20.1 Å². The van der Waals surface area contributed by atoms with Crippen molar-refractivity contribution in [2.45, 2.75) is 13.0 Å². The first kappa shape index (κ1) is 19.8. The highest BCUT2D eigenvalue weighted by Gasteiger charge is 2.17. The minimum atomic E-state index is -0.130. The van der Waals surface area contributed by atoms with Crippen molar-refractivity contribution >= 4 is 16.9 Å². The van der Waals surface area contributed by atoms with Crippen LogP contribution in [-0.2, 0) is 11.3 Å². The summed E-state index contributed by atoms with van der Waals surface area (Å²) in [7, 11) is 1.65. The summed E-state index contributed by atoms with van der Waals surface area (Å²) in [5, 5.41) is 8.26. The molecule has 0 saturated carbocycles. The molecule has 30 heavy (non-hydrogen) atoms. The van der Waals surface area contributed by atoms with Crippen LogP contribution < -0.4 is 5.32 Å². The molecular formula is C24H24N4O2. The maximum atomic E-state index is 13.0. The molecule has 2 aromatic carbocycles. The number of hydrogen-bond acceptors (Lipinski definition) is 4. The van der Waals surface area contributed by atoms with Crippen LogP contribution in [0.1, 0.15) is 22.3 Å². The van der Waals surface area contributed by atoms with Gasteiger partial charge < -0.3 is 10.1 Å². The van der Waals surface area contributed by atoms with Gasteiger partial charge in [-0.2, -0.15) is 5.10 Å². The number of nitrogens with zero attached hydrogens (tertiary/aromatic N) is 3. The quantitative estimate of drug-likeness (QED) is 0.455. The summed E-state index contributed by atoms with van der Waals surface area (Å²) in [6.07, 6.45) is 2.49. The van der Waals surface area contributed by atoms with Crippen LogP contribution in [0.2, 0.25) is 0 Å². The molecule has 0 saturated heterocycles. The summed E-state index contributed by atoms with van der Waals surface area (Å²) in [6, 6.07) is 21.8. The summed E-state index contributed by atoms with van der Waals surface area (Å²) in [5.41, 5.74) is 4.11. The van der Waals surface area contributed by atoms with Crippen LogP contribution in [0.4, 0.5) is 0 Å². The van der Waals surface area contributed by atoms with E-state index in [4.69, 9.17) is 9.72 Å². The molecule has 6 nitrogen and oxygen atoms in total. The van der Waals surface area contributed by atoms with Crippen molar-refractivity contribution in [1.29, 1.82) is 0 Å². The lowest BCUT2D eigenvalue weighted by molar-refractivity contribution is 0.0950. The molecule has 2 aromatic heterocycles. The van der Waals surface area contributed by atoms with E-state index in [1.54, 1.807) is 13.3 Å². The van der Waals surface area contributed by atoms with Gasteiger partial charge in [-0.05, 0) is 18.1 Å². The third kappa shape index (κ3) is 4.39. The lowest BCUT2D eigenvalue weighted by atomic mass is 10.1. The van der Waals surface area contributed by atoms with Gasteiger partial charge in [0.15, 0.2) is 5.65 Å². The van der Waals surface area contributed by atoms with Gasteiger partial charge in [0.1, 0.15) is 0 Å². The summed E-state index contributed by atoms with van der Waals surface area (Å²) in [5.74, 6) is -0.130. The Labute approximate surface area is 175 Å². The highest BCUT2D eigenvalue weighted by atomic mass is 16.5. The van der Waals surface area contributed by atoms with Crippen LogP contribution in [0, 0.1) is 0 Å². The Balaban J connectivity index is 1.74. The van der Waals surface area contributed by atoms with Gasteiger partial charge in [-0.3, -0.25) is 4.79 Å². The summed E-state index contributed by atoms with van der Waals surface area (Å²) in [6.45, 7) is 1.75. The molecule has 4 rings (SSSR count). The number of pyridine rings is 1. The first-order valence-electron chi connectivity index (χ1n) is 9.99. The van der Waals surface area contributed by atoms with Gasteiger partial charge in [0.2, 0.25) is 0 Å². The number of rotatable bonds is 8. The number of hydrogen-bond donors (Lipinski definition) is 1. The topological polar surface area (TPSA) is 69.0 Å². The lowest BCUT2D eigenvalue weighted by Gasteiger charge is -2.10. The fourth-order valence-corrected chi connectivity index (χ4v) is 3.38. The molecule has 0 fully saturated rings. The largest absolute Gasteiger partial charge is 0.385 e. The third-order valence-corrected chi connectivity index (χ3v) is 4.91. The fourth-order valence-electron chi connectivity index (χ4n) is 3.38. The van der Waals surface area contributed by atoms with Crippen LogP contribution in [0.5, 0.6) is 0 Å². The van der Waals surface area contributed by atoms with Crippen molar-refractivity contribution in [3.63, 3.8) is 0 Å². The summed E-state index contributed by atoms with van der Waals surface area (Å²) >= 11 is 0. The Kier molecular flexibility index (Phi) is 6.15. The molecule has 4 aromatic rings. The van der Waals surface area contributed by atoms with E-state index in [-0.39, 0.29) is 5.91 Å². The van der Waals surface area contributed by atoms with Gasteiger partial charge in [-0.1, -0.05) is 60.7 Å². The van der Waals surface area contributed by atoms with Gasteiger partial charge >= 0.3 is 0 Å². The van der Waals surface area contributed by atoms with Gasteiger partial charge in [0.25, 0.3) is 5.91 Å². The van der Waals surface area contributed by atoms with Crippen LogP contribution in [0.25, 0.3) is 22.3 Å². The molecule has 0 unspecified atom stereocenters. The minimum Gasteiger partial charge on any atom is -0.385 e. The average molecular weight is 400 g/mol. The molecule has 0 aliphatic rings. The smallest absolute Gasteiger partial charge is 0.252 e. The predicted octanol–water partition coefficient (Wildman–Crippen LogP) is 3.91. The second-order valence-electron chi connectivity index (χ2n) is 7.05. The molecule has 0 atom stereocenters. The Morgan fingerprint density at radius 3 is 2.53 bits per heavy atom. The molecule has 1 amide bonds. The number of carbonyl (C=O) groups excluding carboxylic acids is 1. The molecular weight excluding hydrogens is 376 g/mol. The van der Waals surface area contributed by atoms with E-state index in [0.717, 1.165) is 28.6 Å². The SMILES string of the molecule is COCCCNC(=O)c1cc(-c2ccccc2)nc2c1cnn2Cc1ccccc1. The lowest BCUT2D eigenvalue weighted by Crippen LogP contribution is -2.25. The second kappa shape index (κ2) is 9.33. The zero-order chi connectivity index (χ0) is 20.8. The van der Waals surface area contributed by atoms with Crippen molar-refractivity contribution in [3.05, 3.63) is 84.1 Å². The Bertz CT molecular complexity index is 1120. The van der Waals surface area contributed by atoms with Gasteiger partial charge in [-0.25, -0.2) is 9.67 Å². The standard InChI is InChI=1S/C24H24N4O2/c1-30-14-8-13-25-24(29)20-15-22(19-11-6-3-7-12-19)27-23-21(20)16-26-28(23)17-18-9-4-2-5-10-18/h2-7,9-12,15-16H,8,13-14,17H2,1H3,(H,25,29). The van der Waals surface area contributed by atoms with Crippen LogP contribution in [-0.4, -0.2) is 40.9 Å². The summed E-state index contributed by atoms with van der Waals surface area (Å²) < 4.78 is 6.91. The molecule has 6 heteroatoms. The third-order valence-electron chi connectivity index (χ3n) is 4.91. The highest BCUT2D eigenvalue weighted by Crippen LogP contribution is 2.25. The average Bonchev–Trinajstić information content (AvgIpc) is 3.20. The van der Waals surface area contributed by atoms with E-state index in [1.165, 1.54) is 0 Å². The summed E-state index contributed by atoms with van der Waals surface area (Å²) in [4.78, 5) is 17.8. The van der Waals surface area contributed by atoms with Gasteiger partial charge in [0.05, 0.1) is 29.4 Å². The number of carbonyl (C=O) groups is 1. The molecule has 0 spiro atoms. The highest BCUT2D eigenvalue weighted by molar-refractivity contribution is 6.06. The van der Waals surface area contributed by atoms with E-state index in [0.29, 0.717) is 30.9 Å². The number of aromatic nitrogens is 3. The molecule has 0 bridgehead atoms.